The van der Waals surface area contributed by atoms with Crippen LogP contribution in [0.15, 0.2) is 0 Å². The number of imidazole rings is 1. The van der Waals surface area contributed by atoms with Crippen molar-refractivity contribution in [3.63, 3.8) is 0 Å². The zero-order valence-corrected chi connectivity index (χ0v) is 9.18. The second-order valence-electron chi connectivity index (χ2n) is 4.19. The van der Waals surface area contributed by atoms with Crippen molar-refractivity contribution >= 4 is 5.82 Å². The number of nitrogens with zero attached hydrogens (tertiary/aromatic N) is 2. The molecule has 1 heterocycles. The van der Waals surface area contributed by atoms with Crippen molar-refractivity contribution in [2.45, 2.75) is 39.5 Å². The lowest BCUT2D eigenvalue weighted by atomic mass is 9.86. The van der Waals surface area contributed by atoms with Gasteiger partial charge in [0.2, 0.25) is 0 Å². The van der Waals surface area contributed by atoms with Crippen LogP contribution in [-0.4, -0.2) is 9.55 Å². The van der Waals surface area contributed by atoms with E-state index >= 15 is 0 Å². The van der Waals surface area contributed by atoms with Crippen molar-refractivity contribution in [3.8, 4) is 0 Å². The first kappa shape index (κ1) is 10.1. The minimum atomic E-state index is 0.0795. The Kier molecular flexibility index (Phi) is 2.37. The van der Waals surface area contributed by atoms with Crippen LogP contribution in [0.5, 0.6) is 0 Å². The zero-order chi connectivity index (χ0) is 10.2. The molecule has 0 amide bonds. The summed E-state index contributed by atoms with van der Waals surface area (Å²) in [5, 5.41) is 0. The van der Waals surface area contributed by atoms with Gasteiger partial charge in [-0.25, -0.2) is 4.98 Å². The molecule has 0 atom stereocenters. The van der Waals surface area contributed by atoms with Crippen LogP contribution in [0.25, 0.3) is 0 Å². The largest absolute Gasteiger partial charge is 0.384 e. The van der Waals surface area contributed by atoms with E-state index in [4.69, 9.17) is 5.73 Å². The molecule has 0 radical (unpaired) electrons. The van der Waals surface area contributed by atoms with Crippen molar-refractivity contribution in [3.05, 3.63) is 11.5 Å². The topological polar surface area (TPSA) is 43.8 Å². The number of nitrogens with two attached hydrogens (primary N) is 1. The Labute approximate surface area is 80.0 Å². The van der Waals surface area contributed by atoms with Crippen LogP contribution in [0.3, 0.4) is 0 Å². The van der Waals surface area contributed by atoms with Gasteiger partial charge >= 0.3 is 0 Å². The first-order valence-electron chi connectivity index (χ1n) is 4.69. The summed E-state index contributed by atoms with van der Waals surface area (Å²) in [6.45, 7) is 8.48. The molecule has 0 saturated heterocycles. The van der Waals surface area contributed by atoms with E-state index in [9.17, 15) is 0 Å². The van der Waals surface area contributed by atoms with Crippen molar-refractivity contribution in [1.82, 2.24) is 9.55 Å². The maximum absolute atomic E-state index is 5.97. The van der Waals surface area contributed by atoms with Gasteiger partial charge in [-0.15, -0.1) is 0 Å². The predicted molar refractivity (Wildman–Crippen MR) is 55.7 cm³/mol. The minimum Gasteiger partial charge on any atom is -0.384 e. The molecule has 0 bridgehead atoms. The van der Waals surface area contributed by atoms with Gasteiger partial charge in [0.25, 0.3) is 0 Å². The van der Waals surface area contributed by atoms with Crippen LogP contribution in [-0.2, 0) is 12.5 Å². The lowest BCUT2D eigenvalue weighted by Crippen LogP contribution is -2.18. The molecule has 0 saturated carbocycles. The first-order valence-corrected chi connectivity index (χ1v) is 4.69. The highest BCUT2D eigenvalue weighted by molar-refractivity contribution is 5.42. The van der Waals surface area contributed by atoms with Crippen LogP contribution in [0.4, 0.5) is 5.82 Å². The molecule has 0 aliphatic carbocycles. The van der Waals surface area contributed by atoms with E-state index < -0.39 is 0 Å². The van der Waals surface area contributed by atoms with E-state index in [1.54, 1.807) is 0 Å². The van der Waals surface area contributed by atoms with Crippen LogP contribution in [0.2, 0.25) is 0 Å². The van der Waals surface area contributed by atoms with Gasteiger partial charge in [0.1, 0.15) is 11.6 Å². The summed E-state index contributed by atoms with van der Waals surface area (Å²) in [4.78, 5) is 4.49. The van der Waals surface area contributed by atoms with Gasteiger partial charge in [0, 0.05) is 12.5 Å². The van der Waals surface area contributed by atoms with Crippen LogP contribution in [0, 0.1) is 6.92 Å². The highest BCUT2D eigenvalue weighted by Crippen LogP contribution is 2.30. The third-order valence-electron chi connectivity index (χ3n) is 2.89. The van der Waals surface area contributed by atoms with Gasteiger partial charge in [-0.3, -0.25) is 0 Å². The molecule has 1 rings (SSSR count). The number of rotatable bonds is 2. The number of hydrogen-bond acceptors (Lipinski definition) is 2. The summed E-state index contributed by atoms with van der Waals surface area (Å²) >= 11 is 0. The monoisotopic (exact) mass is 181 g/mol. The van der Waals surface area contributed by atoms with Crippen LogP contribution < -0.4 is 5.73 Å². The van der Waals surface area contributed by atoms with E-state index in [2.05, 4.69) is 25.8 Å². The Bertz CT molecular complexity index is 310. The number of aryl methyl sites for hydroxylation is 1. The number of anilines is 1. The Morgan fingerprint density at radius 2 is 2.00 bits per heavy atom. The fourth-order valence-corrected chi connectivity index (χ4v) is 1.29. The number of nitrogen functional groups attached to an aromatic ring is 1. The normalized spacial score (nSPS) is 12.1. The molecule has 3 nitrogen and oxygen atoms in total. The molecule has 3 heteroatoms. The average molecular weight is 181 g/mol. The standard InChI is InChI=1S/C10H19N3/c1-6-10(3,4)8-9(11)13(5)7(2)12-8/h6,11H2,1-5H3. The molecule has 0 fully saturated rings. The maximum Gasteiger partial charge on any atom is 0.127 e. The summed E-state index contributed by atoms with van der Waals surface area (Å²) in [7, 11) is 1.95. The maximum atomic E-state index is 5.97. The summed E-state index contributed by atoms with van der Waals surface area (Å²) < 4.78 is 1.94. The molecule has 1 aromatic rings. The highest BCUT2D eigenvalue weighted by atomic mass is 15.1. The SMILES string of the molecule is CCC(C)(C)c1nc(C)n(C)c1N. The summed E-state index contributed by atoms with van der Waals surface area (Å²) in [5.74, 6) is 1.78. The third-order valence-corrected chi connectivity index (χ3v) is 2.89. The van der Waals surface area contributed by atoms with Gasteiger partial charge < -0.3 is 10.3 Å². The first-order chi connectivity index (χ1) is 5.90. The molecule has 0 spiro atoms. The minimum absolute atomic E-state index is 0.0795. The van der Waals surface area contributed by atoms with Crippen molar-refractivity contribution in [2.75, 3.05) is 5.73 Å². The Morgan fingerprint density at radius 1 is 1.46 bits per heavy atom. The smallest absolute Gasteiger partial charge is 0.127 e. The van der Waals surface area contributed by atoms with Crippen molar-refractivity contribution in [2.24, 2.45) is 7.05 Å². The van der Waals surface area contributed by atoms with E-state index in [0.29, 0.717) is 0 Å². The molecule has 0 unspecified atom stereocenters. The molecule has 74 valence electrons. The molecule has 13 heavy (non-hydrogen) atoms. The Morgan fingerprint density at radius 3 is 2.31 bits per heavy atom. The molecule has 2 N–H and O–H groups in total. The Balaban J connectivity index is 3.23. The molecular weight excluding hydrogens is 162 g/mol. The van der Waals surface area contributed by atoms with Crippen molar-refractivity contribution in [1.29, 1.82) is 0 Å². The highest BCUT2D eigenvalue weighted by Gasteiger charge is 2.25. The third kappa shape index (κ3) is 1.55. The predicted octanol–water partition coefficient (Wildman–Crippen LogP) is 2.00. The summed E-state index contributed by atoms with van der Waals surface area (Å²) in [6, 6.07) is 0. The van der Waals surface area contributed by atoms with Gasteiger partial charge in [0.05, 0.1) is 5.69 Å². The van der Waals surface area contributed by atoms with Gasteiger partial charge in [-0.05, 0) is 13.3 Å². The van der Waals surface area contributed by atoms with E-state index in [-0.39, 0.29) is 5.41 Å². The lowest BCUT2D eigenvalue weighted by Gasteiger charge is -2.20. The molecule has 0 aliphatic rings. The molecule has 0 aliphatic heterocycles. The van der Waals surface area contributed by atoms with E-state index in [0.717, 1.165) is 23.8 Å². The van der Waals surface area contributed by atoms with Gasteiger partial charge in [0.15, 0.2) is 0 Å². The van der Waals surface area contributed by atoms with Crippen LogP contribution >= 0.6 is 0 Å². The molecular formula is C10H19N3. The van der Waals surface area contributed by atoms with Crippen LogP contribution in [0.1, 0.15) is 38.7 Å². The Hall–Kier alpha value is -0.990. The quantitative estimate of drug-likeness (QED) is 0.758. The fraction of sp³-hybridized carbons (Fsp3) is 0.700. The fourth-order valence-electron chi connectivity index (χ4n) is 1.29. The van der Waals surface area contributed by atoms with Gasteiger partial charge in [-0.2, -0.15) is 0 Å². The van der Waals surface area contributed by atoms with E-state index in [1.807, 2.05) is 18.5 Å². The second-order valence-corrected chi connectivity index (χ2v) is 4.19. The molecule has 0 aromatic carbocycles. The van der Waals surface area contributed by atoms with Crippen molar-refractivity contribution < 1.29 is 0 Å². The second kappa shape index (κ2) is 3.05. The lowest BCUT2D eigenvalue weighted by molar-refractivity contribution is 0.494. The summed E-state index contributed by atoms with van der Waals surface area (Å²) in [6.07, 6.45) is 1.05. The zero-order valence-electron chi connectivity index (χ0n) is 9.18. The van der Waals surface area contributed by atoms with E-state index in [1.165, 1.54) is 0 Å². The summed E-state index contributed by atoms with van der Waals surface area (Å²) in [5.41, 5.74) is 7.07. The average Bonchev–Trinajstić information content (AvgIpc) is 2.33. The number of aromatic nitrogens is 2. The molecule has 1 aromatic heterocycles. The van der Waals surface area contributed by atoms with Gasteiger partial charge in [-0.1, -0.05) is 20.8 Å². The number of hydrogen-bond donors (Lipinski definition) is 1.